The molecule has 4 aromatic carbocycles. The third-order valence-electron chi connectivity index (χ3n) is 10.3. The number of rotatable bonds is 14. The first kappa shape index (κ1) is 38.4. The maximum Gasteiger partial charge on any atom is 0.313 e. The van der Waals surface area contributed by atoms with Gasteiger partial charge in [0.05, 0.1) is 25.3 Å². The summed E-state index contributed by atoms with van der Waals surface area (Å²) in [6.45, 7) is 8.34. The van der Waals surface area contributed by atoms with E-state index < -0.39 is 59.8 Å². The van der Waals surface area contributed by atoms with Crippen molar-refractivity contribution in [3.05, 3.63) is 131 Å². The van der Waals surface area contributed by atoms with E-state index in [1.165, 1.54) is 0 Å². The van der Waals surface area contributed by atoms with Crippen LogP contribution >= 0.6 is 0 Å². The Morgan fingerprint density at radius 1 is 0.537 bits per heavy atom. The van der Waals surface area contributed by atoms with Crippen molar-refractivity contribution in [2.45, 2.75) is 77.5 Å². The molecule has 0 unspecified atom stereocenters. The van der Waals surface area contributed by atoms with Gasteiger partial charge < -0.3 is 20.1 Å². The van der Waals surface area contributed by atoms with E-state index >= 15 is 0 Å². The first-order chi connectivity index (χ1) is 26.2. The van der Waals surface area contributed by atoms with Gasteiger partial charge in [0, 0.05) is 11.4 Å². The fraction of sp³-hybridized carbons (Fsp3) is 0.364. The summed E-state index contributed by atoms with van der Waals surface area (Å²) in [6.07, 6.45) is 2.94. The molecule has 2 saturated heterocycles. The number of esters is 2. The molecule has 6 atom stereocenters. The maximum atomic E-state index is 14.9. The van der Waals surface area contributed by atoms with Gasteiger partial charge in [-0.2, -0.15) is 0 Å². The molecule has 6 rings (SSSR count). The zero-order valence-electron chi connectivity index (χ0n) is 31.4. The maximum absolute atomic E-state index is 14.9. The van der Waals surface area contributed by atoms with E-state index in [1.807, 2.05) is 113 Å². The van der Waals surface area contributed by atoms with Crippen molar-refractivity contribution < 1.29 is 28.7 Å². The van der Waals surface area contributed by atoms with Gasteiger partial charge in [-0.15, -0.1) is 0 Å². The number of carbonyl (C=O) groups excluding carboxylic acids is 4. The second-order valence-electron chi connectivity index (χ2n) is 14.2. The predicted octanol–water partition coefficient (Wildman–Crippen LogP) is 7.57. The lowest BCUT2D eigenvalue weighted by Crippen LogP contribution is -2.49. The van der Waals surface area contributed by atoms with E-state index in [4.69, 9.17) is 9.47 Å². The fourth-order valence-electron chi connectivity index (χ4n) is 7.56. The predicted molar refractivity (Wildman–Crippen MR) is 208 cm³/mol. The molecule has 54 heavy (non-hydrogen) atoms. The molecule has 2 amide bonds. The van der Waals surface area contributed by atoms with E-state index in [0.29, 0.717) is 35.3 Å². The standard InChI is InChI=1S/C44H50N4O6/c1-5-7-27-53-43(51)35-37(31-23-19-29(3)20-24-31)47-40(42(50)46-34-17-13-10-14-18-34)36(44(52)54-28-8-6-2)38(32-25-21-30(4)22-26-32)48(47)39(35)41(49)45-33-15-11-9-12-16-33/h9-26,35-40H,5-8,27-28H2,1-4H3,(H,45,49)(H,46,50)/t35-,36-,37+,38+,39+,40+/m0/s1. The number of hydrogen-bond donors (Lipinski definition) is 2. The number of benzene rings is 4. The van der Waals surface area contributed by atoms with Crippen LogP contribution in [0.4, 0.5) is 11.4 Å². The Bertz CT molecular complexity index is 1750. The molecule has 0 bridgehead atoms. The lowest BCUT2D eigenvalue weighted by molar-refractivity contribution is -0.154. The van der Waals surface area contributed by atoms with Crippen LogP contribution in [0.15, 0.2) is 109 Å². The SMILES string of the molecule is CCCCOC(=O)[C@H]1[C@@H](c2ccc(C)cc2)N2[C@@H](C(=O)Nc3ccccc3)[C@@H](C(=O)OCCCC)[C@@H](c3ccc(C)cc3)N2[C@H]1C(=O)Nc1ccccc1. The summed E-state index contributed by atoms with van der Waals surface area (Å²) in [6, 6.07) is 29.5. The lowest BCUT2D eigenvalue weighted by atomic mass is 9.81. The van der Waals surface area contributed by atoms with Gasteiger partial charge in [0.15, 0.2) is 0 Å². The summed E-state index contributed by atoms with van der Waals surface area (Å²) < 4.78 is 11.9. The number of amides is 2. The minimum atomic E-state index is -1.18. The van der Waals surface area contributed by atoms with Gasteiger partial charge in [-0.25, -0.2) is 10.0 Å². The van der Waals surface area contributed by atoms with Crippen LogP contribution < -0.4 is 10.6 Å². The minimum absolute atomic E-state index is 0.186. The molecule has 10 heteroatoms. The quantitative estimate of drug-likeness (QED) is 0.101. The molecule has 0 radical (unpaired) electrons. The zero-order chi connectivity index (χ0) is 38.2. The number of hydrogen-bond acceptors (Lipinski definition) is 8. The number of nitrogens with one attached hydrogen (secondary N) is 2. The van der Waals surface area contributed by atoms with Crippen molar-refractivity contribution >= 4 is 35.1 Å². The Hall–Kier alpha value is -5.32. The highest BCUT2D eigenvalue weighted by molar-refractivity contribution is 6.01. The normalized spacial score (nSPS) is 22.3. The topological polar surface area (TPSA) is 117 Å². The first-order valence-electron chi connectivity index (χ1n) is 19.0. The Morgan fingerprint density at radius 3 is 1.22 bits per heavy atom. The largest absolute Gasteiger partial charge is 0.465 e. The average Bonchev–Trinajstić information content (AvgIpc) is 3.70. The molecule has 0 saturated carbocycles. The molecule has 2 fully saturated rings. The van der Waals surface area contributed by atoms with Gasteiger partial charge in [-0.3, -0.25) is 19.2 Å². The molecule has 0 aromatic heterocycles. The molecule has 0 spiro atoms. The smallest absolute Gasteiger partial charge is 0.313 e. The van der Waals surface area contributed by atoms with Gasteiger partial charge in [-0.1, -0.05) is 123 Å². The lowest BCUT2D eigenvalue weighted by Gasteiger charge is -2.33. The van der Waals surface area contributed by atoms with E-state index in [9.17, 15) is 19.2 Å². The van der Waals surface area contributed by atoms with Crippen LogP contribution in [0.3, 0.4) is 0 Å². The number of para-hydroxylation sites is 2. The Kier molecular flexibility index (Phi) is 12.6. The van der Waals surface area contributed by atoms with Crippen LogP contribution in [-0.2, 0) is 28.7 Å². The van der Waals surface area contributed by atoms with Gasteiger partial charge in [0.2, 0.25) is 11.8 Å². The Labute approximate surface area is 317 Å². The van der Waals surface area contributed by atoms with Crippen molar-refractivity contribution in [2.75, 3.05) is 23.8 Å². The Morgan fingerprint density at radius 2 is 0.889 bits per heavy atom. The van der Waals surface area contributed by atoms with Gasteiger partial charge in [0.1, 0.15) is 23.9 Å². The summed E-state index contributed by atoms with van der Waals surface area (Å²) in [4.78, 5) is 59.0. The van der Waals surface area contributed by atoms with E-state index in [1.54, 1.807) is 34.3 Å². The molecule has 4 aromatic rings. The highest BCUT2D eigenvalue weighted by Gasteiger charge is 2.68. The fourth-order valence-corrected chi connectivity index (χ4v) is 7.56. The number of nitrogens with zero attached hydrogens (tertiary/aromatic N) is 2. The van der Waals surface area contributed by atoms with Gasteiger partial charge in [-0.05, 0) is 62.1 Å². The van der Waals surface area contributed by atoms with E-state index in [0.717, 1.165) is 24.0 Å². The second-order valence-corrected chi connectivity index (χ2v) is 14.2. The summed E-state index contributed by atoms with van der Waals surface area (Å²) in [5, 5.41) is 9.71. The second kappa shape index (κ2) is 17.7. The number of fused-ring (bicyclic) bond motifs is 1. The van der Waals surface area contributed by atoms with Gasteiger partial charge in [0.25, 0.3) is 0 Å². The molecular formula is C44H50N4O6. The monoisotopic (exact) mass is 730 g/mol. The first-order valence-corrected chi connectivity index (χ1v) is 19.0. The molecule has 0 aliphatic carbocycles. The van der Waals surface area contributed by atoms with E-state index in [2.05, 4.69) is 10.6 Å². The number of unbranched alkanes of at least 4 members (excludes halogenated alkanes) is 2. The number of carbonyl (C=O) groups is 4. The highest BCUT2D eigenvalue weighted by Crippen LogP contribution is 2.56. The average molecular weight is 731 g/mol. The third-order valence-corrected chi connectivity index (χ3v) is 10.3. The third kappa shape index (κ3) is 8.25. The molecule has 2 heterocycles. The van der Waals surface area contributed by atoms with Crippen LogP contribution in [0, 0.1) is 25.7 Å². The summed E-state index contributed by atoms with van der Waals surface area (Å²) >= 11 is 0. The molecule has 2 N–H and O–H groups in total. The summed E-state index contributed by atoms with van der Waals surface area (Å²) in [5.41, 5.74) is 4.51. The van der Waals surface area contributed by atoms with E-state index in [-0.39, 0.29) is 13.2 Å². The molecule has 2 aliphatic rings. The molecule has 10 nitrogen and oxygen atoms in total. The van der Waals surface area contributed by atoms with Crippen LogP contribution in [0.5, 0.6) is 0 Å². The number of anilines is 2. The van der Waals surface area contributed by atoms with Gasteiger partial charge >= 0.3 is 11.9 Å². The van der Waals surface area contributed by atoms with Crippen molar-refractivity contribution in [3.8, 4) is 0 Å². The van der Waals surface area contributed by atoms with Crippen molar-refractivity contribution in [2.24, 2.45) is 11.8 Å². The number of hydrazine groups is 1. The van der Waals surface area contributed by atoms with Crippen LogP contribution in [0.1, 0.15) is 73.9 Å². The van der Waals surface area contributed by atoms with Crippen molar-refractivity contribution in [3.63, 3.8) is 0 Å². The summed E-state index contributed by atoms with van der Waals surface area (Å²) in [5.74, 6) is -4.18. The number of aryl methyl sites for hydroxylation is 2. The minimum Gasteiger partial charge on any atom is -0.465 e. The van der Waals surface area contributed by atoms with Crippen molar-refractivity contribution in [1.82, 2.24) is 10.0 Å². The molecule has 282 valence electrons. The van der Waals surface area contributed by atoms with Crippen LogP contribution in [-0.4, -0.2) is 59.1 Å². The molecular weight excluding hydrogens is 681 g/mol. The number of ether oxygens (including phenoxy) is 2. The summed E-state index contributed by atoms with van der Waals surface area (Å²) in [7, 11) is 0. The highest BCUT2D eigenvalue weighted by atomic mass is 16.5. The van der Waals surface area contributed by atoms with Crippen molar-refractivity contribution in [1.29, 1.82) is 0 Å². The zero-order valence-corrected chi connectivity index (χ0v) is 31.4. The van der Waals surface area contributed by atoms with Crippen LogP contribution in [0.25, 0.3) is 0 Å². The van der Waals surface area contributed by atoms with Crippen LogP contribution in [0.2, 0.25) is 0 Å². The molecule has 2 aliphatic heterocycles. The Balaban J connectivity index is 1.59.